The second-order valence-electron chi connectivity index (χ2n) is 4.62. The topological polar surface area (TPSA) is 53.6 Å². The van der Waals surface area contributed by atoms with Gasteiger partial charge in [-0.1, -0.05) is 11.6 Å². The molecular weight excluding hydrogens is 236 g/mol. The van der Waals surface area contributed by atoms with Crippen molar-refractivity contribution in [2.45, 2.75) is 51.7 Å². The molecule has 0 radical (unpaired) electrons. The van der Waals surface area contributed by atoms with Gasteiger partial charge in [0.2, 0.25) is 0 Å². The molecule has 92 valence electrons. The van der Waals surface area contributed by atoms with E-state index < -0.39 is 0 Å². The maximum Gasteiger partial charge on any atom is 0.0972 e. The minimum atomic E-state index is -0.0785. The molecule has 1 N–H and O–H groups in total. The average Bonchev–Trinajstić information content (AvgIpc) is 3.10. The predicted molar refractivity (Wildman–Crippen MR) is 66.9 cm³/mol. The van der Waals surface area contributed by atoms with E-state index in [1.54, 1.807) is 0 Å². The normalized spacial score (nSPS) is 16.8. The maximum absolute atomic E-state index is 9.04. The molecule has 1 saturated carbocycles. The van der Waals surface area contributed by atoms with E-state index in [0.29, 0.717) is 6.04 Å². The Hall–Kier alpha value is -1.05. The molecule has 5 heteroatoms. The molecule has 1 unspecified atom stereocenters. The molecule has 0 saturated heterocycles. The molecule has 0 amide bonds. The lowest BCUT2D eigenvalue weighted by Gasteiger charge is -2.11. The fourth-order valence-corrected chi connectivity index (χ4v) is 2.00. The molecule has 4 nitrogen and oxygen atoms in total. The van der Waals surface area contributed by atoms with Gasteiger partial charge in [0.25, 0.3) is 0 Å². The van der Waals surface area contributed by atoms with Gasteiger partial charge in [0.15, 0.2) is 0 Å². The summed E-state index contributed by atoms with van der Waals surface area (Å²) >= 11 is 6.08. The molecule has 0 bridgehead atoms. The van der Waals surface area contributed by atoms with Crippen molar-refractivity contribution in [2.75, 3.05) is 0 Å². The van der Waals surface area contributed by atoms with Gasteiger partial charge >= 0.3 is 0 Å². The van der Waals surface area contributed by atoms with E-state index in [9.17, 15) is 0 Å². The van der Waals surface area contributed by atoms with Crippen molar-refractivity contribution in [3.8, 4) is 6.07 Å². The van der Waals surface area contributed by atoms with Crippen LogP contribution in [0.3, 0.4) is 0 Å². The van der Waals surface area contributed by atoms with Gasteiger partial charge in [-0.05, 0) is 33.1 Å². The quantitative estimate of drug-likeness (QED) is 0.874. The molecule has 0 aliphatic heterocycles. The number of hydrogen-bond acceptors (Lipinski definition) is 3. The van der Waals surface area contributed by atoms with Crippen molar-refractivity contribution < 1.29 is 0 Å². The maximum atomic E-state index is 9.04. The van der Waals surface area contributed by atoms with Crippen LogP contribution in [-0.2, 0) is 6.54 Å². The van der Waals surface area contributed by atoms with Crippen molar-refractivity contribution in [3.63, 3.8) is 0 Å². The molecule has 1 aliphatic carbocycles. The van der Waals surface area contributed by atoms with Crippen LogP contribution in [0.5, 0.6) is 0 Å². The highest BCUT2D eigenvalue weighted by Gasteiger charge is 2.24. The average molecular weight is 253 g/mol. The summed E-state index contributed by atoms with van der Waals surface area (Å²) in [4.78, 5) is 0. The van der Waals surface area contributed by atoms with Crippen LogP contribution in [-0.4, -0.2) is 21.9 Å². The van der Waals surface area contributed by atoms with Crippen LogP contribution >= 0.6 is 11.6 Å². The number of nitrogens with one attached hydrogen (secondary N) is 1. The zero-order chi connectivity index (χ0) is 12.4. The molecular formula is C12H17ClN4. The Morgan fingerprint density at radius 3 is 2.76 bits per heavy atom. The first-order valence-corrected chi connectivity index (χ1v) is 6.34. The van der Waals surface area contributed by atoms with Gasteiger partial charge in [0, 0.05) is 12.6 Å². The standard InChI is InChI=1S/C12H17ClN4/c1-8-12(13)9(2)17(16-8)6-5-11(7-14)15-10-3-4-10/h10-11,15H,3-6H2,1-2H3. The van der Waals surface area contributed by atoms with Crippen molar-refractivity contribution in [3.05, 3.63) is 16.4 Å². The summed E-state index contributed by atoms with van der Waals surface area (Å²) < 4.78 is 1.89. The Balaban J connectivity index is 1.91. The van der Waals surface area contributed by atoms with E-state index in [4.69, 9.17) is 16.9 Å². The third kappa shape index (κ3) is 2.99. The smallest absolute Gasteiger partial charge is 0.0972 e. The third-order valence-corrected chi connectivity index (χ3v) is 3.64. The summed E-state index contributed by atoms with van der Waals surface area (Å²) in [6.07, 6.45) is 3.17. The zero-order valence-electron chi connectivity index (χ0n) is 10.2. The number of halogens is 1. The summed E-state index contributed by atoms with van der Waals surface area (Å²) in [6, 6.07) is 2.78. The lowest BCUT2D eigenvalue weighted by atomic mass is 10.2. The highest BCUT2D eigenvalue weighted by Crippen LogP contribution is 2.21. The van der Waals surface area contributed by atoms with E-state index in [1.807, 2.05) is 18.5 Å². The van der Waals surface area contributed by atoms with Gasteiger partial charge in [-0.2, -0.15) is 10.4 Å². The van der Waals surface area contributed by atoms with Crippen LogP contribution in [0.1, 0.15) is 30.7 Å². The van der Waals surface area contributed by atoms with E-state index in [-0.39, 0.29) is 6.04 Å². The van der Waals surface area contributed by atoms with E-state index in [0.717, 1.165) is 29.4 Å². The molecule has 1 aromatic heterocycles. The molecule has 1 aromatic rings. The molecule has 17 heavy (non-hydrogen) atoms. The van der Waals surface area contributed by atoms with Gasteiger partial charge in [0.1, 0.15) is 0 Å². The lowest BCUT2D eigenvalue weighted by Crippen LogP contribution is -2.30. The largest absolute Gasteiger partial charge is 0.299 e. The second-order valence-corrected chi connectivity index (χ2v) is 5.00. The highest BCUT2D eigenvalue weighted by molar-refractivity contribution is 6.31. The minimum absolute atomic E-state index is 0.0785. The van der Waals surface area contributed by atoms with Gasteiger partial charge in [0.05, 0.1) is 28.5 Å². The van der Waals surface area contributed by atoms with Crippen LogP contribution < -0.4 is 5.32 Å². The van der Waals surface area contributed by atoms with Crippen molar-refractivity contribution in [1.29, 1.82) is 5.26 Å². The summed E-state index contributed by atoms with van der Waals surface area (Å²) in [5.41, 5.74) is 1.83. The van der Waals surface area contributed by atoms with E-state index in [1.165, 1.54) is 12.8 Å². The van der Waals surface area contributed by atoms with Gasteiger partial charge in [-0.15, -0.1) is 0 Å². The Morgan fingerprint density at radius 1 is 1.59 bits per heavy atom. The van der Waals surface area contributed by atoms with Crippen LogP contribution in [0.4, 0.5) is 0 Å². The Kier molecular flexibility index (Phi) is 3.70. The summed E-state index contributed by atoms with van der Waals surface area (Å²) in [5, 5.41) is 17.4. The van der Waals surface area contributed by atoms with Crippen LogP contribution in [0.2, 0.25) is 5.02 Å². The van der Waals surface area contributed by atoms with Crippen LogP contribution in [0.25, 0.3) is 0 Å². The molecule has 0 aromatic carbocycles. The molecule has 0 spiro atoms. The lowest BCUT2D eigenvalue weighted by molar-refractivity contribution is 0.484. The van der Waals surface area contributed by atoms with Gasteiger partial charge < -0.3 is 0 Å². The second kappa shape index (κ2) is 5.07. The number of aromatic nitrogens is 2. The minimum Gasteiger partial charge on any atom is -0.299 e. The summed E-state index contributed by atoms with van der Waals surface area (Å²) in [7, 11) is 0. The van der Waals surface area contributed by atoms with Gasteiger partial charge in [-0.3, -0.25) is 10.00 Å². The predicted octanol–water partition coefficient (Wildman–Crippen LogP) is 2.19. The molecule has 1 atom stereocenters. The first kappa shape index (κ1) is 12.4. The summed E-state index contributed by atoms with van der Waals surface area (Å²) in [6.45, 7) is 4.59. The molecule has 1 aliphatic rings. The Labute approximate surface area is 107 Å². The Bertz CT molecular complexity index is 442. The van der Waals surface area contributed by atoms with Gasteiger partial charge in [-0.25, -0.2) is 0 Å². The Morgan fingerprint density at radius 2 is 2.29 bits per heavy atom. The number of rotatable bonds is 5. The fourth-order valence-electron chi connectivity index (χ4n) is 1.86. The first-order valence-electron chi connectivity index (χ1n) is 5.97. The molecule has 1 fully saturated rings. The highest BCUT2D eigenvalue weighted by atomic mass is 35.5. The number of nitrogens with zero attached hydrogens (tertiary/aromatic N) is 3. The first-order chi connectivity index (χ1) is 8.11. The van der Waals surface area contributed by atoms with E-state index >= 15 is 0 Å². The fraction of sp³-hybridized carbons (Fsp3) is 0.667. The van der Waals surface area contributed by atoms with Crippen LogP contribution in [0, 0.1) is 25.2 Å². The zero-order valence-corrected chi connectivity index (χ0v) is 11.0. The van der Waals surface area contributed by atoms with Crippen molar-refractivity contribution in [1.82, 2.24) is 15.1 Å². The monoisotopic (exact) mass is 252 g/mol. The van der Waals surface area contributed by atoms with Crippen molar-refractivity contribution in [2.24, 2.45) is 0 Å². The summed E-state index contributed by atoms with van der Waals surface area (Å²) in [5.74, 6) is 0. The van der Waals surface area contributed by atoms with E-state index in [2.05, 4.69) is 16.5 Å². The molecule has 2 rings (SSSR count). The SMILES string of the molecule is Cc1nn(CCC(C#N)NC2CC2)c(C)c1Cl. The van der Waals surface area contributed by atoms with Crippen LogP contribution in [0.15, 0.2) is 0 Å². The molecule has 1 heterocycles. The third-order valence-electron chi connectivity index (χ3n) is 3.09. The van der Waals surface area contributed by atoms with Crippen molar-refractivity contribution >= 4 is 11.6 Å². The number of aryl methyl sites for hydroxylation is 2. The number of hydrogen-bond donors (Lipinski definition) is 1. The number of nitriles is 1.